The van der Waals surface area contributed by atoms with E-state index in [-0.39, 0.29) is 11.9 Å². The molecule has 0 aromatic heterocycles. The molecule has 0 fully saturated rings. The molecule has 2 N–H and O–H groups in total. The maximum absolute atomic E-state index is 13.1. The molecular formula is C21H27N3O4S. The average molecular weight is 418 g/mol. The van der Waals surface area contributed by atoms with Gasteiger partial charge in [-0.3, -0.25) is 9.59 Å². The monoisotopic (exact) mass is 417 g/mol. The van der Waals surface area contributed by atoms with Gasteiger partial charge in [0.05, 0.1) is 17.5 Å². The minimum Gasteiger partial charge on any atom is -0.350 e. The fraction of sp³-hybridized carbons (Fsp3) is 0.333. The Hall–Kier alpha value is -2.71. The summed E-state index contributed by atoms with van der Waals surface area (Å²) in [6, 6.07) is 14.2. The minimum atomic E-state index is -3.64. The van der Waals surface area contributed by atoms with Gasteiger partial charge in [-0.2, -0.15) is 4.31 Å². The molecule has 0 saturated carbocycles. The summed E-state index contributed by atoms with van der Waals surface area (Å²) in [5.41, 5.74) is 1.16. The highest BCUT2D eigenvalue weighted by atomic mass is 32.2. The van der Waals surface area contributed by atoms with Crippen molar-refractivity contribution in [2.75, 3.05) is 18.6 Å². The van der Waals surface area contributed by atoms with Crippen LogP contribution in [0.5, 0.6) is 0 Å². The quantitative estimate of drug-likeness (QED) is 0.690. The van der Waals surface area contributed by atoms with Crippen molar-refractivity contribution < 1.29 is 18.0 Å². The fourth-order valence-electron chi connectivity index (χ4n) is 2.75. The summed E-state index contributed by atoms with van der Waals surface area (Å²) in [7, 11) is -2.28. The van der Waals surface area contributed by atoms with E-state index in [4.69, 9.17) is 0 Å². The van der Waals surface area contributed by atoms with E-state index >= 15 is 0 Å². The van der Waals surface area contributed by atoms with Crippen molar-refractivity contribution in [1.82, 2.24) is 9.62 Å². The summed E-state index contributed by atoms with van der Waals surface area (Å²) in [4.78, 5) is 25.7. The highest BCUT2D eigenvalue weighted by Crippen LogP contribution is 2.25. The van der Waals surface area contributed by atoms with Gasteiger partial charge < -0.3 is 10.6 Å². The van der Waals surface area contributed by atoms with E-state index in [1.54, 1.807) is 54.6 Å². The second kappa shape index (κ2) is 9.67. The van der Waals surface area contributed by atoms with Crippen LogP contribution in [0.25, 0.3) is 0 Å². The number of carbonyl (C=O) groups is 2. The van der Waals surface area contributed by atoms with Crippen molar-refractivity contribution in [3.8, 4) is 0 Å². The number of rotatable bonds is 8. The molecule has 29 heavy (non-hydrogen) atoms. The van der Waals surface area contributed by atoms with Gasteiger partial charge in [-0.15, -0.1) is 0 Å². The van der Waals surface area contributed by atoms with E-state index in [9.17, 15) is 18.0 Å². The lowest BCUT2D eigenvalue weighted by Gasteiger charge is -2.26. The van der Waals surface area contributed by atoms with Gasteiger partial charge in [-0.1, -0.05) is 49.4 Å². The Labute approximate surface area is 172 Å². The Bertz CT molecular complexity index is 961. The lowest BCUT2D eigenvalue weighted by Crippen LogP contribution is -2.38. The van der Waals surface area contributed by atoms with Crippen molar-refractivity contribution in [2.24, 2.45) is 0 Å². The van der Waals surface area contributed by atoms with E-state index in [1.165, 1.54) is 7.05 Å². The summed E-state index contributed by atoms with van der Waals surface area (Å²) in [6.07, 6.45) is 1.82. The normalized spacial score (nSPS) is 13.6. The smallest absolute Gasteiger partial charge is 0.253 e. The molecule has 156 valence electrons. The van der Waals surface area contributed by atoms with Crippen LogP contribution in [0.2, 0.25) is 0 Å². The number of nitrogens with one attached hydrogen (secondary N) is 2. The van der Waals surface area contributed by atoms with Crippen molar-refractivity contribution in [2.45, 2.75) is 32.4 Å². The largest absolute Gasteiger partial charge is 0.350 e. The summed E-state index contributed by atoms with van der Waals surface area (Å²) in [5.74, 6) is -0.851. The van der Waals surface area contributed by atoms with Gasteiger partial charge in [-0.25, -0.2) is 8.42 Å². The first kappa shape index (κ1) is 22.6. The zero-order valence-corrected chi connectivity index (χ0v) is 17.9. The molecule has 0 aliphatic carbocycles. The average Bonchev–Trinajstić information content (AvgIpc) is 2.68. The minimum absolute atomic E-state index is 0.0142. The molecule has 7 nitrogen and oxygen atoms in total. The molecule has 0 aliphatic heterocycles. The van der Waals surface area contributed by atoms with Crippen molar-refractivity contribution >= 4 is 27.5 Å². The van der Waals surface area contributed by atoms with Crippen LogP contribution < -0.4 is 10.6 Å². The predicted octanol–water partition coefficient (Wildman–Crippen LogP) is 2.79. The topological polar surface area (TPSA) is 95.6 Å². The number of benzene rings is 2. The zero-order chi connectivity index (χ0) is 21.6. The number of para-hydroxylation sites is 1. The molecule has 2 amide bonds. The molecule has 2 aromatic rings. The number of nitrogens with zero attached hydrogens (tertiary/aromatic N) is 1. The number of amides is 2. The number of hydrogen-bond acceptors (Lipinski definition) is 4. The fourth-order valence-corrected chi connectivity index (χ4v) is 3.35. The van der Waals surface area contributed by atoms with Crippen LogP contribution >= 0.6 is 0 Å². The lowest BCUT2D eigenvalue weighted by atomic mass is 10.1. The molecule has 8 heteroatoms. The Morgan fingerprint density at radius 1 is 1.03 bits per heavy atom. The molecule has 2 atom stereocenters. The SMILES string of the molecule is CC[C@@H](C)NC(=O)c1ccccc1NC(=O)[C@H](c1ccccc1)N(C)S(C)(=O)=O. The van der Waals surface area contributed by atoms with E-state index < -0.39 is 22.0 Å². The first-order chi connectivity index (χ1) is 13.6. The second-order valence-electron chi connectivity index (χ2n) is 6.91. The molecule has 2 aromatic carbocycles. The maximum Gasteiger partial charge on any atom is 0.253 e. The zero-order valence-electron chi connectivity index (χ0n) is 17.0. The van der Waals surface area contributed by atoms with Crippen molar-refractivity contribution in [3.63, 3.8) is 0 Å². The van der Waals surface area contributed by atoms with Gasteiger partial charge in [0, 0.05) is 13.1 Å². The lowest BCUT2D eigenvalue weighted by molar-refractivity contribution is -0.119. The van der Waals surface area contributed by atoms with Crippen LogP contribution in [0.1, 0.15) is 42.2 Å². The van der Waals surface area contributed by atoms with Crippen LogP contribution in [0, 0.1) is 0 Å². The molecule has 0 spiro atoms. The van der Waals surface area contributed by atoms with Crippen molar-refractivity contribution in [1.29, 1.82) is 0 Å². The third kappa shape index (κ3) is 5.88. The third-order valence-electron chi connectivity index (χ3n) is 4.67. The van der Waals surface area contributed by atoms with Gasteiger partial charge >= 0.3 is 0 Å². The number of carbonyl (C=O) groups excluding carboxylic acids is 2. The predicted molar refractivity (Wildman–Crippen MR) is 114 cm³/mol. The highest BCUT2D eigenvalue weighted by Gasteiger charge is 2.31. The van der Waals surface area contributed by atoms with Gasteiger partial charge in [0.25, 0.3) is 5.91 Å². The summed E-state index contributed by atoms with van der Waals surface area (Å²) in [6.45, 7) is 3.86. The number of anilines is 1. The molecule has 2 rings (SSSR count). The third-order valence-corrected chi connectivity index (χ3v) is 5.93. The Balaban J connectivity index is 2.37. The molecule has 0 radical (unpaired) electrons. The molecule has 0 aliphatic rings. The molecule has 0 saturated heterocycles. The van der Waals surface area contributed by atoms with Crippen molar-refractivity contribution in [3.05, 3.63) is 65.7 Å². The summed E-state index contributed by atoms with van der Waals surface area (Å²) in [5, 5.41) is 5.60. The van der Waals surface area contributed by atoms with Crippen LogP contribution in [0.3, 0.4) is 0 Å². The molecule has 0 unspecified atom stereocenters. The molecule has 0 bridgehead atoms. The van der Waals surface area contributed by atoms with Crippen LogP contribution in [0.15, 0.2) is 54.6 Å². The maximum atomic E-state index is 13.1. The van der Waals surface area contributed by atoms with E-state index in [0.717, 1.165) is 17.0 Å². The Kier molecular flexibility index (Phi) is 7.53. The first-order valence-electron chi connectivity index (χ1n) is 9.33. The van der Waals surface area contributed by atoms with Crippen LogP contribution in [0.4, 0.5) is 5.69 Å². The molecule has 0 heterocycles. The van der Waals surface area contributed by atoms with Crippen LogP contribution in [-0.2, 0) is 14.8 Å². The standard InChI is InChI=1S/C21H27N3O4S/c1-5-15(2)22-20(25)17-13-9-10-14-18(17)23-21(26)19(24(3)29(4,27)28)16-11-7-6-8-12-16/h6-15,19H,5H2,1-4H3,(H,22,25)(H,23,26)/t15-,19+/m1/s1. The summed E-state index contributed by atoms with van der Waals surface area (Å²) >= 11 is 0. The number of likely N-dealkylation sites (N-methyl/N-ethyl adjacent to an activating group) is 1. The van der Waals surface area contributed by atoms with Gasteiger partial charge in [-0.05, 0) is 31.0 Å². The Morgan fingerprint density at radius 2 is 1.62 bits per heavy atom. The summed E-state index contributed by atoms with van der Waals surface area (Å²) < 4.78 is 25.2. The van der Waals surface area contributed by atoms with Gasteiger partial charge in [0.2, 0.25) is 15.9 Å². The highest BCUT2D eigenvalue weighted by molar-refractivity contribution is 7.88. The van der Waals surface area contributed by atoms with E-state index in [2.05, 4.69) is 10.6 Å². The number of sulfonamides is 1. The van der Waals surface area contributed by atoms with Crippen LogP contribution in [-0.4, -0.2) is 43.9 Å². The van der Waals surface area contributed by atoms with Gasteiger partial charge in [0.15, 0.2) is 0 Å². The Morgan fingerprint density at radius 3 is 2.21 bits per heavy atom. The first-order valence-corrected chi connectivity index (χ1v) is 11.2. The van der Waals surface area contributed by atoms with Gasteiger partial charge in [0.1, 0.15) is 6.04 Å². The second-order valence-corrected chi connectivity index (χ2v) is 8.95. The molecular weight excluding hydrogens is 390 g/mol. The number of hydrogen-bond donors (Lipinski definition) is 2. The van der Waals surface area contributed by atoms with E-state index in [1.807, 2.05) is 13.8 Å². The van der Waals surface area contributed by atoms with E-state index in [0.29, 0.717) is 16.8 Å².